The van der Waals surface area contributed by atoms with Gasteiger partial charge in [-0.1, -0.05) is 39.5 Å². The fourth-order valence-electron chi connectivity index (χ4n) is 2.61. The average molecular weight is 363 g/mol. The van der Waals surface area contributed by atoms with E-state index in [-0.39, 0.29) is 26.4 Å². The zero-order chi connectivity index (χ0) is 19.4. The second kappa shape index (κ2) is 12.0. The molecular formula is C20H29NO5. The molecule has 6 heteroatoms. The fourth-order valence-corrected chi connectivity index (χ4v) is 2.61. The van der Waals surface area contributed by atoms with Gasteiger partial charge in [0.05, 0.1) is 6.54 Å². The molecule has 0 aromatic heterocycles. The van der Waals surface area contributed by atoms with Gasteiger partial charge in [-0.05, 0) is 36.0 Å². The molecule has 1 aromatic carbocycles. The molecule has 0 radical (unpaired) electrons. The maximum Gasteiger partial charge on any atom is 0.407 e. The fraction of sp³-hybridized carbons (Fsp3) is 0.500. The number of carbonyl (C=O) groups excluding carboxylic acids is 2. The van der Waals surface area contributed by atoms with Crippen molar-refractivity contribution in [1.82, 2.24) is 5.32 Å². The molecule has 1 unspecified atom stereocenters. The number of alkyl carbamates (subject to hydrolysis) is 1. The van der Waals surface area contributed by atoms with Crippen molar-refractivity contribution in [3.8, 4) is 5.75 Å². The normalized spacial score (nSPS) is 11.5. The molecular weight excluding hydrogens is 334 g/mol. The zero-order valence-electron chi connectivity index (χ0n) is 15.8. The van der Waals surface area contributed by atoms with E-state index in [2.05, 4.69) is 44.8 Å². The van der Waals surface area contributed by atoms with E-state index in [1.807, 2.05) is 12.1 Å². The minimum atomic E-state index is -0.582. The molecule has 0 aliphatic heterocycles. The quantitative estimate of drug-likeness (QED) is 0.369. The molecule has 0 saturated heterocycles. The lowest BCUT2D eigenvalue weighted by molar-refractivity contribution is -0.137. The summed E-state index contributed by atoms with van der Waals surface area (Å²) >= 11 is 0. The highest BCUT2D eigenvalue weighted by molar-refractivity contribution is 5.81. The van der Waals surface area contributed by atoms with E-state index in [0.717, 1.165) is 18.2 Å². The predicted molar refractivity (Wildman–Crippen MR) is 100 cm³/mol. The molecule has 0 bridgehead atoms. The Hall–Kier alpha value is -2.50. The molecule has 1 amide bonds. The van der Waals surface area contributed by atoms with Crippen LogP contribution in [0.25, 0.3) is 0 Å². The number of carbonyl (C=O) groups is 2. The summed E-state index contributed by atoms with van der Waals surface area (Å²) in [5.74, 6) is 1.35. The lowest BCUT2D eigenvalue weighted by Gasteiger charge is -2.19. The van der Waals surface area contributed by atoms with Crippen molar-refractivity contribution >= 4 is 12.1 Å². The SMILES string of the molecule is C=CC(=O)OCCNC(=O)OCCOc1ccc(C(CC)C(C)C)cc1. The number of ether oxygens (including phenoxy) is 3. The van der Waals surface area contributed by atoms with Crippen molar-refractivity contribution in [2.45, 2.75) is 33.1 Å². The molecule has 1 atom stereocenters. The van der Waals surface area contributed by atoms with Crippen LogP contribution in [0.3, 0.4) is 0 Å². The van der Waals surface area contributed by atoms with Gasteiger partial charge >= 0.3 is 12.1 Å². The second-order valence-electron chi connectivity index (χ2n) is 6.11. The monoisotopic (exact) mass is 363 g/mol. The summed E-state index contributed by atoms with van der Waals surface area (Å²) in [5, 5.41) is 2.47. The standard InChI is InChI=1S/C20H29NO5/c1-5-18(15(3)4)16-7-9-17(10-8-16)24-13-14-26-20(23)21-11-12-25-19(22)6-2/h6-10,15,18H,2,5,11-14H2,1,3-4H3,(H,21,23). The maximum atomic E-state index is 11.4. The summed E-state index contributed by atoms with van der Waals surface area (Å²) in [6.07, 6.45) is 1.59. The first-order valence-corrected chi connectivity index (χ1v) is 8.90. The summed E-state index contributed by atoms with van der Waals surface area (Å²) in [6, 6.07) is 8.05. The Bertz CT molecular complexity index is 568. The number of hydrogen-bond donors (Lipinski definition) is 1. The lowest BCUT2D eigenvalue weighted by Crippen LogP contribution is -2.29. The van der Waals surface area contributed by atoms with Crippen LogP contribution in [0.5, 0.6) is 5.75 Å². The third-order valence-electron chi connectivity index (χ3n) is 3.92. The Labute approximate surface area is 155 Å². The summed E-state index contributed by atoms with van der Waals surface area (Å²) in [5.41, 5.74) is 1.31. The van der Waals surface area contributed by atoms with Gasteiger partial charge in [0.25, 0.3) is 0 Å². The molecule has 144 valence electrons. The second-order valence-corrected chi connectivity index (χ2v) is 6.11. The minimum Gasteiger partial charge on any atom is -0.490 e. The van der Waals surface area contributed by atoms with Crippen LogP contribution in [0.15, 0.2) is 36.9 Å². The van der Waals surface area contributed by atoms with Crippen LogP contribution >= 0.6 is 0 Å². The molecule has 0 aliphatic carbocycles. The molecule has 0 heterocycles. The van der Waals surface area contributed by atoms with Crippen LogP contribution in [0.1, 0.15) is 38.7 Å². The Morgan fingerprint density at radius 2 is 1.81 bits per heavy atom. The third kappa shape index (κ3) is 8.05. The highest BCUT2D eigenvalue weighted by atomic mass is 16.6. The smallest absolute Gasteiger partial charge is 0.407 e. The Kier molecular flexibility index (Phi) is 9.90. The van der Waals surface area contributed by atoms with E-state index in [1.54, 1.807) is 0 Å². The topological polar surface area (TPSA) is 73.9 Å². The molecule has 0 spiro atoms. The average Bonchev–Trinajstić information content (AvgIpc) is 2.63. The van der Waals surface area contributed by atoms with E-state index in [0.29, 0.717) is 11.8 Å². The van der Waals surface area contributed by atoms with Crippen molar-refractivity contribution < 1.29 is 23.8 Å². The van der Waals surface area contributed by atoms with Crippen LogP contribution in [0.4, 0.5) is 4.79 Å². The summed E-state index contributed by atoms with van der Waals surface area (Å²) in [6.45, 7) is 10.6. The Balaban J connectivity index is 2.22. The van der Waals surface area contributed by atoms with Crippen molar-refractivity contribution in [1.29, 1.82) is 0 Å². The van der Waals surface area contributed by atoms with E-state index in [4.69, 9.17) is 14.2 Å². The molecule has 1 rings (SSSR count). The third-order valence-corrected chi connectivity index (χ3v) is 3.92. The van der Waals surface area contributed by atoms with Crippen LogP contribution < -0.4 is 10.1 Å². The lowest BCUT2D eigenvalue weighted by atomic mass is 9.86. The first-order chi connectivity index (χ1) is 12.5. The van der Waals surface area contributed by atoms with Gasteiger partial charge in [0.1, 0.15) is 25.6 Å². The molecule has 1 aromatic rings. The molecule has 26 heavy (non-hydrogen) atoms. The molecule has 0 aliphatic rings. The number of nitrogens with one attached hydrogen (secondary N) is 1. The zero-order valence-corrected chi connectivity index (χ0v) is 15.8. The van der Waals surface area contributed by atoms with Crippen LogP contribution in [-0.2, 0) is 14.3 Å². The van der Waals surface area contributed by atoms with E-state index in [9.17, 15) is 9.59 Å². The van der Waals surface area contributed by atoms with Gasteiger partial charge in [0.15, 0.2) is 0 Å². The van der Waals surface area contributed by atoms with Crippen molar-refractivity contribution in [2.24, 2.45) is 5.92 Å². The first kappa shape index (κ1) is 21.5. The van der Waals surface area contributed by atoms with Crippen molar-refractivity contribution in [3.05, 3.63) is 42.5 Å². The van der Waals surface area contributed by atoms with E-state index in [1.165, 1.54) is 5.56 Å². The minimum absolute atomic E-state index is 0.0674. The predicted octanol–water partition coefficient (Wildman–Crippen LogP) is 3.67. The van der Waals surface area contributed by atoms with Crippen molar-refractivity contribution in [2.75, 3.05) is 26.4 Å². The highest BCUT2D eigenvalue weighted by Crippen LogP contribution is 2.28. The number of amides is 1. The molecule has 0 fully saturated rings. The van der Waals surface area contributed by atoms with Gasteiger partial charge in [-0.3, -0.25) is 0 Å². The van der Waals surface area contributed by atoms with Crippen LogP contribution in [-0.4, -0.2) is 38.4 Å². The maximum absolute atomic E-state index is 11.4. The van der Waals surface area contributed by atoms with E-state index < -0.39 is 12.1 Å². The largest absolute Gasteiger partial charge is 0.490 e. The summed E-state index contributed by atoms with van der Waals surface area (Å²) < 4.78 is 15.3. The van der Waals surface area contributed by atoms with Gasteiger partial charge < -0.3 is 19.5 Å². The van der Waals surface area contributed by atoms with Gasteiger partial charge in [0.2, 0.25) is 0 Å². The van der Waals surface area contributed by atoms with E-state index >= 15 is 0 Å². The number of benzene rings is 1. The Morgan fingerprint density at radius 1 is 1.12 bits per heavy atom. The van der Waals surface area contributed by atoms with Gasteiger partial charge in [-0.15, -0.1) is 0 Å². The molecule has 1 N–H and O–H groups in total. The number of hydrogen-bond acceptors (Lipinski definition) is 5. The number of rotatable bonds is 11. The van der Waals surface area contributed by atoms with Crippen molar-refractivity contribution in [3.63, 3.8) is 0 Å². The molecule has 0 saturated carbocycles. The van der Waals surface area contributed by atoms with Crippen LogP contribution in [0, 0.1) is 5.92 Å². The number of esters is 1. The Morgan fingerprint density at radius 3 is 2.38 bits per heavy atom. The first-order valence-electron chi connectivity index (χ1n) is 8.90. The van der Waals surface area contributed by atoms with Gasteiger partial charge in [-0.25, -0.2) is 9.59 Å². The summed E-state index contributed by atoms with van der Waals surface area (Å²) in [4.78, 5) is 22.2. The van der Waals surface area contributed by atoms with Crippen LogP contribution in [0.2, 0.25) is 0 Å². The van der Waals surface area contributed by atoms with Gasteiger partial charge in [-0.2, -0.15) is 0 Å². The highest BCUT2D eigenvalue weighted by Gasteiger charge is 2.13. The van der Waals surface area contributed by atoms with Gasteiger partial charge in [0, 0.05) is 6.08 Å². The summed E-state index contributed by atoms with van der Waals surface area (Å²) in [7, 11) is 0. The molecule has 6 nitrogen and oxygen atoms in total.